The van der Waals surface area contributed by atoms with E-state index in [-0.39, 0.29) is 12.1 Å². The zero-order valence-corrected chi connectivity index (χ0v) is 12.8. The van der Waals surface area contributed by atoms with Crippen LogP contribution in [0.5, 0.6) is 0 Å². The van der Waals surface area contributed by atoms with Gasteiger partial charge in [0.1, 0.15) is 6.10 Å². The lowest BCUT2D eigenvalue weighted by Crippen LogP contribution is -2.45. The summed E-state index contributed by atoms with van der Waals surface area (Å²) in [6, 6.07) is 0. The molecule has 0 aromatic carbocycles. The summed E-state index contributed by atoms with van der Waals surface area (Å²) in [5.74, 6) is 3.17. The third-order valence-electron chi connectivity index (χ3n) is 6.05. The zero-order chi connectivity index (χ0) is 14.1. The van der Waals surface area contributed by atoms with Crippen molar-refractivity contribution in [1.82, 2.24) is 0 Å². The van der Waals surface area contributed by atoms with Crippen molar-refractivity contribution in [2.45, 2.75) is 70.8 Å². The van der Waals surface area contributed by atoms with Crippen molar-refractivity contribution in [2.24, 2.45) is 23.7 Å². The van der Waals surface area contributed by atoms with E-state index in [1.54, 1.807) is 6.92 Å². The Balaban J connectivity index is 1.70. The molecule has 3 rings (SSSR count). The second-order valence-corrected chi connectivity index (χ2v) is 7.27. The molecule has 0 saturated heterocycles. The topological polar surface area (TPSA) is 26.3 Å². The highest BCUT2D eigenvalue weighted by Crippen LogP contribution is 2.51. The third kappa shape index (κ3) is 2.66. The molecular weight excluding hydrogens is 248 g/mol. The number of hydrogen-bond donors (Lipinski definition) is 0. The van der Waals surface area contributed by atoms with Gasteiger partial charge in [0.15, 0.2) is 0 Å². The summed E-state index contributed by atoms with van der Waals surface area (Å²) in [4.78, 5) is 11.8. The Morgan fingerprint density at radius 1 is 0.900 bits per heavy atom. The normalized spacial score (nSPS) is 40.4. The maximum atomic E-state index is 11.8. The lowest BCUT2D eigenvalue weighted by molar-refractivity contribution is -0.154. The number of hydrogen-bond acceptors (Lipinski definition) is 2. The monoisotopic (exact) mass is 276 g/mol. The molecule has 3 aliphatic carbocycles. The van der Waals surface area contributed by atoms with E-state index < -0.39 is 0 Å². The van der Waals surface area contributed by atoms with E-state index in [2.05, 4.69) is 6.58 Å². The van der Waals surface area contributed by atoms with Crippen molar-refractivity contribution in [3.8, 4) is 0 Å². The minimum atomic E-state index is -0.179. The van der Waals surface area contributed by atoms with Gasteiger partial charge in [0.25, 0.3) is 0 Å². The molecule has 2 heteroatoms. The molecule has 0 heterocycles. The van der Waals surface area contributed by atoms with Crippen molar-refractivity contribution >= 4 is 5.97 Å². The van der Waals surface area contributed by atoms with Crippen LogP contribution >= 0.6 is 0 Å². The van der Waals surface area contributed by atoms with E-state index in [0.717, 1.165) is 24.2 Å². The van der Waals surface area contributed by atoms with Crippen molar-refractivity contribution in [3.05, 3.63) is 12.2 Å². The van der Waals surface area contributed by atoms with Gasteiger partial charge in [0, 0.05) is 5.57 Å². The van der Waals surface area contributed by atoms with Gasteiger partial charge < -0.3 is 4.74 Å². The molecule has 0 aromatic rings. The molecule has 0 spiro atoms. The van der Waals surface area contributed by atoms with Crippen LogP contribution in [0.2, 0.25) is 0 Å². The molecule has 112 valence electrons. The Bertz CT molecular complexity index is 387. The minimum Gasteiger partial charge on any atom is -0.459 e. The molecule has 3 aliphatic rings. The van der Waals surface area contributed by atoms with Gasteiger partial charge in [-0.25, -0.2) is 4.79 Å². The SMILES string of the molecule is C=C(C)C(=O)OC1CCCC2C3CCCCC3CCC12. The van der Waals surface area contributed by atoms with Gasteiger partial charge in [0.2, 0.25) is 0 Å². The molecule has 0 amide bonds. The van der Waals surface area contributed by atoms with Gasteiger partial charge in [-0.15, -0.1) is 0 Å². The fraction of sp³-hybridized carbons (Fsp3) is 0.833. The van der Waals surface area contributed by atoms with Gasteiger partial charge in [0.05, 0.1) is 0 Å². The van der Waals surface area contributed by atoms with Crippen LogP contribution in [-0.2, 0) is 9.53 Å². The van der Waals surface area contributed by atoms with Crippen LogP contribution in [0.15, 0.2) is 12.2 Å². The van der Waals surface area contributed by atoms with Gasteiger partial charge in [-0.3, -0.25) is 0 Å². The third-order valence-corrected chi connectivity index (χ3v) is 6.05. The summed E-state index contributed by atoms with van der Waals surface area (Å²) in [5, 5.41) is 0. The van der Waals surface area contributed by atoms with Crippen molar-refractivity contribution in [2.75, 3.05) is 0 Å². The summed E-state index contributed by atoms with van der Waals surface area (Å²) in [7, 11) is 0. The van der Waals surface area contributed by atoms with E-state index in [0.29, 0.717) is 11.5 Å². The Labute approximate surface area is 123 Å². The van der Waals surface area contributed by atoms with E-state index in [1.807, 2.05) is 0 Å². The average Bonchev–Trinajstić information content (AvgIpc) is 2.47. The smallest absolute Gasteiger partial charge is 0.333 e. The van der Waals surface area contributed by atoms with Crippen molar-refractivity contribution in [3.63, 3.8) is 0 Å². The van der Waals surface area contributed by atoms with Crippen molar-refractivity contribution in [1.29, 1.82) is 0 Å². The summed E-state index contributed by atoms with van der Waals surface area (Å²) in [5.41, 5.74) is 0.540. The predicted octanol–water partition coefficient (Wildman–Crippen LogP) is 4.49. The molecule has 0 N–H and O–H groups in total. The summed E-state index contributed by atoms with van der Waals surface area (Å²) in [6.07, 6.45) is 12.2. The first kappa shape index (κ1) is 14.2. The standard InChI is InChI=1S/C18H28O2/c1-12(2)18(19)20-17-9-5-8-15-14-7-4-3-6-13(14)10-11-16(15)17/h13-17H,1,3-11H2,2H3. The molecule has 0 bridgehead atoms. The second-order valence-electron chi connectivity index (χ2n) is 7.27. The van der Waals surface area contributed by atoms with Crippen molar-refractivity contribution < 1.29 is 9.53 Å². The van der Waals surface area contributed by atoms with Crippen LogP contribution in [-0.4, -0.2) is 12.1 Å². The van der Waals surface area contributed by atoms with Gasteiger partial charge in [-0.2, -0.15) is 0 Å². The number of ether oxygens (including phenoxy) is 1. The molecule has 2 nitrogen and oxygen atoms in total. The number of carbonyl (C=O) groups excluding carboxylic acids is 1. The van der Waals surface area contributed by atoms with E-state index in [4.69, 9.17) is 4.74 Å². The minimum absolute atomic E-state index is 0.167. The Hall–Kier alpha value is -0.790. The first-order valence-electron chi connectivity index (χ1n) is 8.53. The fourth-order valence-corrected chi connectivity index (χ4v) is 5.14. The number of carbonyl (C=O) groups is 1. The highest BCUT2D eigenvalue weighted by molar-refractivity contribution is 5.87. The Morgan fingerprint density at radius 2 is 1.65 bits per heavy atom. The average molecular weight is 276 g/mol. The lowest BCUT2D eigenvalue weighted by atomic mass is 9.57. The summed E-state index contributed by atoms with van der Waals surface area (Å²) < 4.78 is 5.76. The Morgan fingerprint density at radius 3 is 2.45 bits per heavy atom. The highest BCUT2D eigenvalue weighted by atomic mass is 16.5. The molecule has 5 unspecified atom stereocenters. The summed E-state index contributed by atoms with van der Waals surface area (Å²) >= 11 is 0. The largest absolute Gasteiger partial charge is 0.459 e. The zero-order valence-electron chi connectivity index (χ0n) is 12.8. The Kier molecular flexibility index (Phi) is 4.18. The summed E-state index contributed by atoms with van der Waals surface area (Å²) in [6.45, 7) is 5.47. The predicted molar refractivity (Wildman–Crippen MR) is 80.2 cm³/mol. The molecular formula is C18H28O2. The van der Waals surface area contributed by atoms with Crippen LogP contribution in [0.1, 0.15) is 64.7 Å². The number of rotatable bonds is 2. The maximum Gasteiger partial charge on any atom is 0.333 e. The van der Waals surface area contributed by atoms with E-state index in [1.165, 1.54) is 51.4 Å². The molecule has 0 aliphatic heterocycles. The van der Waals surface area contributed by atoms with E-state index in [9.17, 15) is 4.79 Å². The van der Waals surface area contributed by atoms with Crippen LogP contribution in [0.25, 0.3) is 0 Å². The van der Waals surface area contributed by atoms with Gasteiger partial charge in [-0.05, 0) is 69.1 Å². The molecule has 20 heavy (non-hydrogen) atoms. The first-order valence-corrected chi connectivity index (χ1v) is 8.53. The number of esters is 1. The maximum absolute atomic E-state index is 11.8. The highest BCUT2D eigenvalue weighted by Gasteiger charge is 2.45. The van der Waals surface area contributed by atoms with Gasteiger partial charge >= 0.3 is 5.97 Å². The molecule has 5 atom stereocenters. The van der Waals surface area contributed by atoms with Crippen LogP contribution in [0.4, 0.5) is 0 Å². The number of fused-ring (bicyclic) bond motifs is 3. The quantitative estimate of drug-likeness (QED) is 0.548. The lowest BCUT2D eigenvalue weighted by Gasteiger charge is -2.50. The van der Waals surface area contributed by atoms with Crippen LogP contribution < -0.4 is 0 Å². The first-order chi connectivity index (χ1) is 9.66. The van der Waals surface area contributed by atoms with E-state index >= 15 is 0 Å². The second kappa shape index (κ2) is 5.91. The van der Waals surface area contributed by atoms with Gasteiger partial charge in [-0.1, -0.05) is 25.8 Å². The molecule has 0 radical (unpaired) electrons. The molecule has 3 saturated carbocycles. The van der Waals surface area contributed by atoms with Crippen LogP contribution in [0.3, 0.4) is 0 Å². The molecule has 0 aromatic heterocycles. The van der Waals surface area contributed by atoms with Crippen LogP contribution in [0, 0.1) is 23.7 Å². The molecule has 3 fully saturated rings. The fourth-order valence-electron chi connectivity index (χ4n) is 5.14.